The molecule has 192 valence electrons. The van der Waals surface area contributed by atoms with E-state index < -0.39 is 17.3 Å². The number of amides is 1. The summed E-state index contributed by atoms with van der Waals surface area (Å²) in [7, 11) is 1.57. The lowest BCUT2D eigenvalue weighted by atomic mass is 9.93. The van der Waals surface area contributed by atoms with Gasteiger partial charge >= 0.3 is 6.18 Å². The van der Waals surface area contributed by atoms with Gasteiger partial charge in [-0.05, 0) is 44.4 Å². The Labute approximate surface area is 203 Å². The third-order valence-electron chi connectivity index (χ3n) is 6.52. The smallest absolute Gasteiger partial charge is 0.370 e. The third-order valence-corrected chi connectivity index (χ3v) is 6.52. The standard InChI is InChI=1S/C22H27F3N6O2.C2H6/c1-26-21(33)18-5-4-16(11-27-18)30-9-6-15(7-10-30)31-8-2-3-14(13-31)19-28-12-17(20(32)29-19)22(23,24)25;1-2/h4-5,11-12,14-15H,2-3,6-10,13H2,1H3,(H,26,33)(H,28,29,32);1-2H3. The summed E-state index contributed by atoms with van der Waals surface area (Å²) in [6, 6.07) is 3.98. The molecule has 2 aliphatic rings. The van der Waals surface area contributed by atoms with Crippen molar-refractivity contribution < 1.29 is 18.0 Å². The molecule has 2 N–H and O–H groups in total. The number of nitrogens with zero attached hydrogens (tertiary/aromatic N) is 4. The average molecular weight is 495 g/mol. The maximum Gasteiger partial charge on any atom is 0.423 e. The fraction of sp³-hybridized carbons (Fsp3) is 0.583. The molecule has 4 heterocycles. The summed E-state index contributed by atoms with van der Waals surface area (Å²) >= 11 is 0. The van der Waals surface area contributed by atoms with E-state index in [1.807, 2.05) is 19.9 Å². The van der Waals surface area contributed by atoms with Gasteiger partial charge in [-0.25, -0.2) is 9.97 Å². The highest BCUT2D eigenvalue weighted by Gasteiger charge is 2.36. The fourth-order valence-electron chi connectivity index (χ4n) is 4.70. The van der Waals surface area contributed by atoms with E-state index in [2.05, 4.69) is 30.1 Å². The number of aromatic amines is 1. The van der Waals surface area contributed by atoms with Gasteiger partial charge in [0, 0.05) is 44.8 Å². The van der Waals surface area contributed by atoms with E-state index in [1.165, 1.54) is 0 Å². The molecule has 0 saturated carbocycles. The van der Waals surface area contributed by atoms with Crippen molar-refractivity contribution in [2.75, 3.05) is 38.1 Å². The normalized spacial score (nSPS) is 19.6. The minimum atomic E-state index is -4.70. The molecular formula is C24H33F3N6O2. The Bertz CT molecular complexity index is 1030. The molecule has 11 heteroatoms. The van der Waals surface area contributed by atoms with Crippen LogP contribution in [0.25, 0.3) is 0 Å². The van der Waals surface area contributed by atoms with Gasteiger partial charge in [0.2, 0.25) is 0 Å². The largest absolute Gasteiger partial charge is 0.423 e. The fourth-order valence-corrected chi connectivity index (χ4v) is 4.70. The summed E-state index contributed by atoms with van der Waals surface area (Å²) in [6.45, 7) is 7.29. The van der Waals surface area contributed by atoms with Gasteiger partial charge in [0.1, 0.15) is 17.1 Å². The third kappa shape index (κ3) is 6.39. The molecule has 2 aromatic heterocycles. The number of hydrogen-bond acceptors (Lipinski definition) is 6. The highest BCUT2D eigenvalue weighted by Crippen LogP contribution is 2.30. The van der Waals surface area contributed by atoms with Crippen LogP contribution < -0.4 is 15.8 Å². The molecule has 1 unspecified atom stereocenters. The van der Waals surface area contributed by atoms with Gasteiger partial charge in [-0.2, -0.15) is 13.2 Å². The second-order valence-electron chi connectivity index (χ2n) is 8.54. The molecule has 1 amide bonds. The van der Waals surface area contributed by atoms with Crippen LogP contribution in [0.2, 0.25) is 0 Å². The van der Waals surface area contributed by atoms with E-state index in [-0.39, 0.29) is 11.8 Å². The van der Waals surface area contributed by atoms with Crippen molar-refractivity contribution in [1.82, 2.24) is 25.2 Å². The number of piperidine rings is 2. The summed E-state index contributed by atoms with van der Waals surface area (Å²) in [5.74, 6) is 0.0226. The Morgan fingerprint density at radius 1 is 1.09 bits per heavy atom. The van der Waals surface area contributed by atoms with E-state index in [0.717, 1.165) is 51.0 Å². The van der Waals surface area contributed by atoms with Crippen LogP contribution in [0.3, 0.4) is 0 Å². The first-order chi connectivity index (χ1) is 16.8. The lowest BCUT2D eigenvalue weighted by Crippen LogP contribution is -2.48. The zero-order valence-corrected chi connectivity index (χ0v) is 20.4. The highest BCUT2D eigenvalue weighted by atomic mass is 19.4. The summed E-state index contributed by atoms with van der Waals surface area (Å²) in [4.78, 5) is 38.7. The predicted molar refractivity (Wildman–Crippen MR) is 128 cm³/mol. The quantitative estimate of drug-likeness (QED) is 0.677. The van der Waals surface area contributed by atoms with E-state index >= 15 is 0 Å². The number of hydrogen-bond donors (Lipinski definition) is 2. The van der Waals surface area contributed by atoms with Crippen LogP contribution in [-0.2, 0) is 6.18 Å². The van der Waals surface area contributed by atoms with Crippen molar-refractivity contribution in [3.05, 3.63) is 52.0 Å². The van der Waals surface area contributed by atoms with Gasteiger partial charge in [0.05, 0.1) is 11.9 Å². The van der Waals surface area contributed by atoms with Crippen molar-refractivity contribution in [3.63, 3.8) is 0 Å². The van der Waals surface area contributed by atoms with Crippen molar-refractivity contribution in [3.8, 4) is 0 Å². The highest BCUT2D eigenvalue weighted by molar-refractivity contribution is 5.92. The molecule has 4 rings (SSSR count). The number of alkyl halides is 3. The van der Waals surface area contributed by atoms with Gasteiger partial charge in [0.15, 0.2) is 0 Å². The van der Waals surface area contributed by atoms with Crippen LogP contribution in [0.4, 0.5) is 18.9 Å². The molecule has 2 saturated heterocycles. The average Bonchev–Trinajstić information content (AvgIpc) is 2.89. The minimum Gasteiger partial charge on any atom is -0.370 e. The lowest BCUT2D eigenvalue weighted by molar-refractivity contribution is -0.139. The predicted octanol–water partition coefficient (Wildman–Crippen LogP) is 3.42. The van der Waals surface area contributed by atoms with Crippen LogP contribution >= 0.6 is 0 Å². The number of aromatic nitrogens is 3. The van der Waals surface area contributed by atoms with E-state index in [9.17, 15) is 22.8 Å². The molecule has 0 aliphatic carbocycles. The van der Waals surface area contributed by atoms with E-state index in [1.54, 1.807) is 19.3 Å². The number of carbonyl (C=O) groups excluding carboxylic acids is 1. The first-order valence-electron chi connectivity index (χ1n) is 12.1. The Morgan fingerprint density at radius 3 is 2.37 bits per heavy atom. The Balaban J connectivity index is 0.00000167. The van der Waals surface area contributed by atoms with Gasteiger partial charge in [0.25, 0.3) is 11.5 Å². The monoisotopic (exact) mass is 494 g/mol. The molecule has 0 spiro atoms. The number of carbonyl (C=O) groups is 1. The van der Waals surface area contributed by atoms with Gasteiger partial charge in [-0.1, -0.05) is 13.8 Å². The molecule has 2 fully saturated rings. The maximum absolute atomic E-state index is 12.9. The first-order valence-corrected chi connectivity index (χ1v) is 12.1. The van der Waals surface area contributed by atoms with Crippen molar-refractivity contribution in [2.45, 2.75) is 57.7 Å². The molecule has 8 nitrogen and oxygen atoms in total. The van der Waals surface area contributed by atoms with Gasteiger partial charge < -0.3 is 15.2 Å². The van der Waals surface area contributed by atoms with Gasteiger partial charge in [-0.15, -0.1) is 0 Å². The number of nitrogens with one attached hydrogen (secondary N) is 2. The van der Waals surface area contributed by atoms with Crippen LogP contribution in [0, 0.1) is 0 Å². The molecule has 2 aromatic rings. The van der Waals surface area contributed by atoms with Crippen LogP contribution in [0.5, 0.6) is 0 Å². The Hall–Kier alpha value is -2.95. The summed E-state index contributed by atoms with van der Waals surface area (Å²) in [5, 5.41) is 2.56. The number of pyridine rings is 1. The first kappa shape index (κ1) is 26.7. The summed E-state index contributed by atoms with van der Waals surface area (Å²) in [5.41, 5.74) is -1.03. The van der Waals surface area contributed by atoms with E-state index in [4.69, 9.17) is 0 Å². The number of H-pyrrole nitrogens is 1. The Kier molecular flexibility index (Phi) is 8.87. The molecule has 0 radical (unpaired) electrons. The summed E-state index contributed by atoms with van der Waals surface area (Å²) < 4.78 is 38.6. The number of anilines is 1. The number of likely N-dealkylation sites (tertiary alicyclic amines) is 1. The number of halogens is 3. The van der Waals surface area contributed by atoms with E-state index in [0.29, 0.717) is 30.3 Å². The molecule has 0 aromatic carbocycles. The van der Waals surface area contributed by atoms with Crippen molar-refractivity contribution in [1.29, 1.82) is 0 Å². The maximum atomic E-state index is 12.9. The van der Waals surface area contributed by atoms with Crippen LogP contribution in [-0.4, -0.2) is 65.0 Å². The second-order valence-corrected chi connectivity index (χ2v) is 8.54. The molecular weight excluding hydrogens is 461 g/mol. The SMILES string of the molecule is CC.CNC(=O)c1ccc(N2CCC(N3CCCC(c4ncc(C(F)(F)F)c(=O)[nH]4)C3)CC2)cn1. The molecule has 1 atom stereocenters. The second kappa shape index (κ2) is 11.7. The zero-order valence-electron chi connectivity index (χ0n) is 20.4. The zero-order chi connectivity index (χ0) is 25.6. The molecule has 35 heavy (non-hydrogen) atoms. The number of rotatable bonds is 4. The molecule has 0 bridgehead atoms. The Morgan fingerprint density at radius 2 is 1.80 bits per heavy atom. The molecule has 2 aliphatic heterocycles. The van der Waals surface area contributed by atoms with Gasteiger partial charge in [-0.3, -0.25) is 14.5 Å². The van der Waals surface area contributed by atoms with Crippen molar-refractivity contribution >= 4 is 11.6 Å². The summed E-state index contributed by atoms with van der Waals surface area (Å²) in [6.07, 6.45) is 1.24. The van der Waals surface area contributed by atoms with Crippen LogP contribution in [0.1, 0.15) is 67.3 Å². The van der Waals surface area contributed by atoms with Crippen LogP contribution in [0.15, 0.2) is 29.3 Å². The lowest BCUT2D eigenvalue weighted by Gasteiger charge is -2.42. The minimum absolute atomic E-state index is 0.0896. The van der Waals surface area contributed by atoms with Crippen molar-refractivity contribution in [2.24, 2.45) is 0 Å². The topological polar surface area (TPSA) is 94.2 Å².